The third-order valence-corrected chi connectivity index (χ3v) is 10.1. The van der Waals surface area contributed by atoms with Crippen LogP contribution in [0.3, 0.4) is 0 Å². The summed E-state index contributed by atoms with van der Waals surface area (Å²) in [5.74, 6) is 0. The Hall–Kier alpha value is -5.50. The zero-order chi connectivity index (χ0) is 28.5. The third kappa shape index (κ3) is 3.31. The summed E-state index contributed by atoms with van der Waals surface area (Å²) < 4.78 is 3.49. The number of fused-ring (bicyclic) bond motifs is 8. The molecule has 3 nitrogen and oxygen atoms in total. The minimum Gasteiger partial charge on any atom is -0.290 e. The molecule has 5 aromatic carbocycles. The van der Waals surface area contributed by atoms with Gasteiger partial charge < -0.3 is 0 Å². The molecule has 0 aliphatic heterocycles. The van der Waals surface area contributed by atoms with Gasteiger partial charge in [0.2, 0.25) is 0 Å². The fourth-order valence-electron chi connectivity index (χ4n) is 7.06. The van der Waals surface area contributed by atoms with E-state index in [4.69, 9.17) is 4.98 Å². The van der Waals surface area contributed by atoms with E-state index in [0.717, 1.165) is 27.9 Å². The van der Waals surface area contributed by atoms with Crippen LogP contribution in [-0.2, 0) is 5.41 Å². The van der Waals surface area contributed by atoms with Crippen molar-refractivity contribution in [1.82, 2.24) is 9.38 Å². The maximum Gasteiger partial charge on any atom is 0.138 e. The number of benzene rings is 5. The largest absolute Gasteiger partial charge is 0.290 e. The summed E-state index contributed by atoms with van der Waals surface area (Å²) in [4.78, 5) is 6.15. The van der Waals surface area contributed by atoms with Crippen molar-refractivity contribution in [3.63, 3.8) is 0 Å². The first-order valence-electron chi connectivity index (χ1n) is 14.4. The second kappa shape index (κ2) is 9.00. The molecule has 0 bridgehead atoms. The number of pyridine rings is 1. The van der Waals surface area contributed by atoms with Gasteiger partial charge in [-0.15, -0.1) is 11.3 Å². The highest BCUT2D eigenvalue weighted by Gasteiger charge is 2.46. The van der Waals surface area contributed by atoms with Gasteiger partial charge in [-0.25, -0.2) is 4.98 Å². The molecule has 0 saturated heterocycles. The molecule has 0 unspecified atom stereocenters. The second-order valence-electron chi connectivity index (χ2n) is 11.1. The highest BCUT2D eigenvalue weighted by atomic mass is 32.1. The summed E-state index contributed by atoms with van der Waals surface area (Å²) in [5.41, 5.74) is 11.5. The monoisotopic (exact) mass is 565 g/mol. The Morgan fingerprint density at radius 1 is 0.651 bits per heavy atom. The van der Waals surface area contributed by atoms with Crippen molar-refractivity contribution in [2.45, 2.75) is 5.41 Å². The molecule has 200 valence electrons. The summed E-state index contributed by atoms with van der Waals surface area (Å²) in [5, 5.41) is 11.1. The highest BCUT2D eigenvalue weighted by Crippen LogP contribution is 2.57. The van der Waals surface area contributed by atoms with Gasteiger partial charge >= 0.3 is 0 Å². The Kier molecular flexibility index (Phi) is 5.05. The van der Waals surface area contributed by atoms with Crippen molar-refractivity contribution in [3.05, 3.63) is 167 Å². The van der Waals surface area contributed by atoms with Gasteiger partial charge in [0.15, 0.2) is 0 Å². The van der Waals surface area contributed by atoms with Crippen LogP contribution in [0.1, 0.15) is 27.8 Å². The summed E-state index contributed by atoms with van der Waals surface area (Å²) in [6, 6.07) is 49.6. The minimum absolute atomic E-state index is 0.562. The van der Waals surface area contributed by atoms with E-state index in [-0.39, 0.29) is 0 Å². The SMILES string of the molecule is N#Cc1ccc2c(c1)C(c1ccccc1)(c1ccccc1)c1cc(-c3ccc4nc5c6ccccc6sc5n4c3)ccc1-2. The number of aromatic nitrogens is 2. The van der Waals surface area contributed by atoms with Crippen molar-refractivity contribution in [2.24, 2.45) is 0 Å². The number of nitriles is 1. The Bertz CT molecular complexity index is 2370. The van der Waals surface area contributed by atoms with E-state index in [1.54, 1.807) is 11.3 Å². The number of nitrogens with zero attached hydrogens (tertiary/aromatic N) is 3. The zero-order valence-electron chi connectivity index (χ0n) is 23.0. The van der Waals surface area contributed by atoms with Crippen molar-refractivity contribution in [2.75, 3.05) is 0 Å². The smallest absolute Gasteiger partial charge is 0.138 e. The molecule has 43 heavy (non-hydrogen) atoms. The first kappa shape index (κ1) is 24.1. The number of rotatable bonds is 3. The van der Waals surface area contributed by atoms with Crippen LogP contribution >= 0.6 is 11.3 Å². The second-order valence-corrected chi connectivity index (χ2v) is 12.2. The lowest BCUT2D eigenvalue weighted by atomic mass is 9.67. The molecule has 3 heterocycles. The lowest BCUT2D eigenvalue weighted by molar-refractivity contribution is 0.768. The van der Waals surface area contributed by atoms with Gasteiger partial charge in [-0.1, -0.05) is 97.1 Å². The van der Waals surface area contributed by atoms with Crippen LogP contribution < -0.4 is 0 Å². The van der Waals surface area contributed by atoms with E-state index in [0.29, 0.717) is 5.56 Å². The first-order chi connectivity index (χ1) is 21.3. The van der Waals surface area contributed by atoms with E-state index in [2.05, 4.69) is 144 Å². The summed E-state index contributed by atoms with van der Waals surface area (Å²) in [6.07, 6.45) is 2.23. The van der Waals surface area contributed by atoms with Crippen molar-refractivity contribution in [3.8, 4) is 28.3 Å². The molecule has 1 aliphatic rings. The minimum atomic E-state index is -0.562. The Morgan fingerprint density at radius 2 is 1.30 bits per heavy atom. The quantitative estimate of drug-likeness (QED) is 0.214. The predicted octanol–water partition coefficient (Wildman–Crippen LogP) is 9.60. The van der Waals surface area contributed by atoms with Gasteiger partial charge in [0.05, 0.1) is 17.0 Å². The Balaban J connectivity index is 1.32. The maximum atomic E-state index is 9.92. The van der Waals surface area contributed by atoms with Crippen LogP contribution in [0.2, 0.25) is 0 Å². The van der Waals surface area contributed by atoms with Crippen LogP contribution in [-0.4, -0.2) is 9.38 Å². The summed E-state index contributed by atoms with van der Waals surface area (Å²) in [7, 11) is 0. The van der Waals surface area contributed by atoms with Crippen molar-refractivity contribution in [1.29, 1.82) is 5.26 Å². The van der Waals surface area contributed by atoms with E-state index >= 15 is 0 Å². The molecule has 0 fully saturated rings. The lowest BCUT2D eigenvalue weighted by Crippen LogP contribution is -2.28. The van der Waals surface area contributed by atoms with Crippen LogP contribution in [0, 0.1) is 11.3 Å². The van der Waals surface area contributed by atoms with Gasteiger partial charge in [-0.3, -0.25) is 4.40 Å². The lowest BCUT2D eigenvalue weighted by Gasteiger charge is -2.34. The van der Waals surface area contributed by atoms with E-state index in [1.165, 1.54) is 42.7 Å². The molecule has 9 rings (SSSR count). The molecule has 0 saturated carbocycles. The number of hydrogen-bond acceptors (Lipinski definition) is 3. The van der Waals surface area contributed by atoms with Gasteiger partial charge in [-0.05, 0) is 80.9 Å². The van der Waals surface area contributed by atoms with Crippen LogP contribution in [0.15, 0.2) is 140 Å². The average molecular weight is 566 g/mol. The van der Waals surface area contributed by atoms with E-state index < -0.39 is 5.41 Å². The molecular weight excluding hydrogens is 543 g/mol. The number of thiophene rings is 1. The van der Waals surface area contributed by atoms with E-state index in [1.807, 2.05) is 6.07 Å². The molecule has 0 spiro atoms. The molecule has 8 aromatic rings. The van der Waals surface area contributed by atoms with Crippen LogP contribution in [0.25, 0.3) is 48.3 Å². The van der Waals surface area contributed by atoms with Crippen molar-refractivity contribution < 1.29 is 0 Å². The maximum absolute atomic E-state index is 9.92. The van der Waals surface area contributed by atoms with Gasteiger partial charge in [0.25, 0.3) is 0 Å². The third-order valence-electron chi connectivity index (χ3n) is 8.94. The van der Waals surface area contributed by atoms with Gasteiger partial charge in [0.1, 0.15) is 16.0 Å². The molecular formula is C39H23N3S. The van der Waals surface area contributed by atoms with Crippen LogP contribution in [0.4, 0.5) is 0 Å². The molecule has 1 aliphatic carbocycles. The molecule has 0 radical (unpaired) electrons. The fourth-order valence-corrected chi connectivity index (χ4v) is 8.19. The normalized spacial score (nSPS) is 13.3. The Labute approximate surface area is 252 Å². The summed E-state index contributed by atoms with van der Waals surface area (Å²) in [6.45, 7) is 0. The fraction of sp³-hybridized carbons (Fsp3) is 0.0256. The van der Waals surface area contributed by atoms with Gasteiger partial charge in [0, 0.05) is 16.3 Å². The van der Waals surface area contributed by atoms with E-state index in [9.17, 15) is 5.26 Å². The van der Waals surface area contributed by atoms with Crippen molar-refractivity contribution >= 4 is 37.4 Å². The molecule has 0 N–H and O–H groups in total. The zero-order valence-corrected chi connectivity index (χ0v) is 23.8. The highest BCUT2D eigenvalue weighted by molar-refractivity contribution is 7.25. The summed E-state index contributed by atoms with van der Waals surface area (Å²) >= 11 is 1.79. The molecule has 0 atom stereocenters. The molecule has 4 heteroatoms. The molecule has 0 amide bonds. The molecule has 3 aromatic heterocycles. The Morgan fingerprint density at radius 3 is 2.05 bits per heavy atom. The van der Waals surface area contributed by atoms with Gasteiger partial charge in [-0.2, -0.15) is 5.26 Å². The first-order valence-corrected chi connectivity index (χ1v) is 15.2. The van der Waals surface area contributed by atoms with Crippen LogP contribution in [0.5, 0.6) is 0 Å². The topological polar surface area (TPSA) is 41.1 Å². The standard InChI is InChI=1S/C39H23N3S/c40-23-25-15-18-30-31-19-16-26(27-17-20-36-41-37-32-13-7-8-14-35(32)43-38(37)42(36)24-27)22-34(31)39(33(30)21-25,28-9-3-1-4-10-28)29-11-5-2-6-12-29/h1-22,24H. The predicted molar refractivity (Wildman–Crippen MR) is 176 cm³/mol. The number of hydrogen-bond donors (Lipinski definition) is 0. The average Bonchev–Trinajstić information content (AvgIpc) is 3.71. The number of imidazole rings is 1.